The smallest absolute Gasteiger partial charge is 0.417 e. The van der Waals surface area contributed by atoms with Gasteiger partial charge in [0.1, 0.15) is 0 Å². The van der Waals surface area contributed by atoms with Crippen molar-refractivity contribution in [2.24, 2.45) is 0 Å². The maximum Gasteiger partial charge on any atom is 0.417 e. The SMILES string of the molecule is Cc1cc(N)c(C(=O)O)c(-c2c(C(F)(F)F)cc(-c3c([N+](=O)[O-])ccc(C(=O)O)c3N)c(C(=O)O)c2N)c1. The van der Waals surface area contributed by atoms with Crippen molar-refractivity contribution in [2.75, 3.05) is 17.2 Å². The van der Waals surface area contributed by atoms with Crippen LogP contribution in [0.4, 0.5) is 35.9 Å². The lowest BCUT2D eigenvalue weighted by Crippen LogP contribution is -2.17. The van der Waals surface area contributed by atoms with Crippen molar-refractivity contribution in [3.63, 3.8) is 0 Å². The third-order valence-electron chi connectivity index (χ3n) is 5.60. The van der Waals surface area contributed by atoms with Crippen molar-refractivity contribution in [3.8, 4) is 22.3 Å². The highest BCUT2D eigenvalue weighted by Gasteiger charge is 2.40. The zero-order valence-corrected chi connectivity index (χ0v) is 19.1. The van der Waals surface area contributed by atoms with E-state index >= 15 is 0 Å². The van der Waals surface area contributed by atoms with Gasteiger partial charge in [0.2, 0.25) is 0 Å². The molecule has 0 aromatic heterocycles. The van der Waals surface area contributed by atoms with E-state index in [9.17, 15) is 53.0 Å². The van der Waals surface area contributed by atoms with E-state index in [1.807, 2.05) is 0 Å². The average molecular weight is 534 g/mol. The van der Waals surface area contributed by atoms with Gasteiger partial charge in [0.05, 0.1) is 44.1 Å². The number of nitro benzene ring substituents is 1. The summed E-state index contributed by atoms with van der Waals surface area (Å²) in [5, 5.41) is 40.6. The van der Waals surface area contributed by atoms with Gasteiger partial charge in [-0.15, -0.1) is 0 Å². The summed E-state index contributed by atoms with van der Waals surface area (Å²) in [7, 11) is 0. The highest BCUT2D eigenvalue weighted by Crippen LogP contribution is 2.49. The number of nitro groups is 1. The largest absolute Gasteiger partial charge is 0.478 e. The van der Waals surface area contributed by atoms with E-state index in [0.29, 0.717) is 6.07 Å². The van der Waals surface area contributed by atoms with E-state index in [1.165, 1.54) is 13.0 Å². The second-order valence-electron chi connectivity index (χ2n) is 8.00. The van der Waals surface area contributed by atoms with Crippen molar-refractivity contribution in [1.29, 1.82) is 0 Å². The number of carboxylic acids is 3. The maximum atomic E-state index is 14.4. The molecule has 0 saturated carbocycles. The van der Waals surface area contributed by atoms with E-state index in [0.717, 1.165) is 12.1 Å². The topological polar surface area (TPSA) is 233 Å². The summed E-state index contributed by atoms with van der Waals surface area (Å²) < 4.78 is 43.2. The van der Waals surface area contributed by atoms with Gasteiger partial charge in [-0.1, -0.05) is 6.07 Å². The molecule has 0 saturated heterocycles. The highest BCUT2D eigenvalue weighted by atomic mass is 19.4. The third-order valence-corrected chi connectivity index (χ3v) is 5.60. The Morgan fingerprint density at radius 3 is 1.87 bits per heavy atom. The van der Waals surface area contributed by atoms with Gasteiger partial charge >= 0.3 is 24.1 Å². The number of aromatic carboxylic acids is 3. The van der Waals surface area contributed by atoms with Crippen LogP contribution in [0, 0.1) is 17.0 Å². The summed E-state index contributed by atoms with van der Waals surface area (Å²) >= 11 is 0. The van der Waals surface area contributed by atoms with Crippen LogP contribution in [0.2, 0.25) is 0 Å². The van der Waals surface area contributed by atoms with Crippen molar-refractivity contribution < 1.29 is 47.8 Å². The molecule has 198 valence electrons. The Morgan fingerprint density at radius 1 is 0.842 bits per heavy atom. The van der Waals surface area contributed by atoms with Gasteiger partial charge < -0.3 is 32.5 Å². The zero-order valence-electron chi connectivity index (χ0n) is 19.1. The zero-order chi connectivity index (χ0) is 28.9. The van der Waals surface area contributed by atoms with Crippen LogP contribution in [0.25, 0.3) is 22.3 Å². The first kappa shape index (κ1) is 27.3. The lowest BCUT2D eigenvalue weighted by atomic mass is 9.84. The summed E-state index contributed by atoms with van der Waals surface area (Å²) in [5.41, 5.74) is 6.30. The van der Waals surface area contributed by atoms with E-state index in [2.05, 4.69) is 0 Å². The van der Waals surface area contributed by atoms with Gasteiger partial charge in [0, 0.05) is 28.4 Å². The van der Waals surface area contributed by atoms with Crippen LogP contribution in [-0.4, -0.2) is 38.2 Å². The minimum Gasteiger partial charge on any atom is -0.478 e. The number of nitrogen functional groups attached to an aromatic ring is 3. The lowest BCUT2D eigenvalue weighted by Gasteiger charge is -2.22. The monoisotopic (exact) mass is 534 g/mol. The number of halogens is 3. The summed E-state index contributed by atoms with van der Waals surface area (Å²) in [6.07, 6.45) is -5.32. The molecule has 0 atom stereocenters. The molecule has 0 spiro atoms. The molecule has 0 aliphatic carbocycles. The van der Waals surface area contributed by atoms with E-state index < -0.39 is 96.3 Å². The molecule has 0 aliphatic heterocycles. The van der Waals surface area contributed by atoms with Gasteiger partial charge in [-0.2, -0.15) is 13.2 Å². The number of hydrogen-bond acceptors (Lipinski definition) is 8. The first-order valence-electron chi connectivity index (χ1n) is 10.2. The molecular weight excluding hydrogens is 517 g/mol. The first-order chi connectivity index (χ1) is 17.5. The van der Waals surface area contributed by atoms with Crippen LogP contribution in [0.3, 0.4) is 0 Å². The molecule has 0 amide bonds. The number of benzene rings is 3. The quantitative estimate of drug-likeness (QED) is 0.150. The van der Waals surface area contributed by atoms with Crippen LogP contribution < -0.4 is 17.2 Å². The van der Waals surface area contributed by atoms with Crippen LogP contribution in [0.15, 0.2) is 30.3 Å². The number of rotatable bonds is 6. The van der Waals surface area contributed by atoms with Gasteiger partial charge in [0.15, 0.2) is 0 Å². The van der Waals surface area contributed by atoms with E-state index in [-0.39, 0.29) is 11.6 Å². The fourth-order valence-corrected chi connectivity index (χ4v) is 4.13. The predicted octanol–water partition coefficient (Wildman–Crippen LogP) is 4.10. The molecule has 3 aromatic carbocycles. The third kappa shape index (κ3) is 4.47. The standard InChI is InChI=1S/C23H17F3N4O8/c1-7-4-9(15(21(33)34)12(27)5-7)14-11(23(24,25)26)6-10(17(19(14)29)22(35)36)16-13(30(37)38)3-2-8(18(16)28)20(31)32/h2-6H,27-29H2,1H3,(H,31,32)(H,33,34)(H,35,36). The average Bonchev–Trinajstić information content (AvgIpc) is 2.75. The Balaban J connectivity index is 2.68. The van der Waals surface area contributed by atoms with E-state index in [1.54, 1.807) is 0 Å². The minimum absolute atomic E-state index is 0.198. The molecule has 0 heterocycles. The molecule has 0 radical (unpaired) electrons. The van der Waals surface area contributed by atoms with Crippen LogP contribution >= 0.6 is 0 Å². The van der Waals surface area contributed by atoms with Crippen LogP contribution in [-0.2, 0) is 6.18 Å². The van der Waals surface area contributed by atoms with Gasteiger partial charge in [-0.25, -0.2) is 14.4 Å². The predicted molar refractivity (Wildman–Crippen MR) is 128 cm³/mol. The van der Waals surface area contributed by atoms with Crippen molar-refractivity contribution in [2.45, 2.75) is 13.1 Å². The van der Waals surface area contributed by atoms with Crippen molar-refractivity contribution >= 4 is 40.7 Å². The molecular formula is C23H17F3N4O8. The molecule has 38 heavy (non-hydrogen) atoms. The first-order valence-corrected chi connectivity index (χ1v) is 10.2. The fourth-order valence-electron chi connectivity index (χ4n) is 4.13. The Labute approximate surface area is 209 Å². The Hall–Kier alpha value is -5.34. The van der Waals surface area contributed by atoms with Crippen LogP contribution in [0.1, 0.15) is 42.2 Å². The molecule has 0 unspecified atom stereocenters. The second-order valence-corrected chi connectivity index (χ2v) is 8.00. The molecule has 15 heteroatoms. The van der Waals surface area contributed by atoms with E-state index in [4.69, 9.17) is 17.2 Å². The summed E-state index contributed by atoms with van der Waals surface area (Å²) in [5.74, 6) is -5.39. The van der Waals surface area contributed by atoms with Gasteiger partial charge in [0.25, 0.3) is 5.69 Å². The molecule has 3 rings (SSSR count). The molecule has 0 fully saturated rings. The van der Waals surface area contributed by atoms with Crippen molar-refractivity contribution in [1.82, 2.24) is 0 Å². The lowest BCUT2D eigenvalue weighted by molar-refractivity contribution is -0.384. The maximum absolute atomic E-state index is 14.4. The number of nitrogens with two attached hydrogens (primary N) is 3. The van der Waals surface area contributed by atoms with Gasteiger partial charge in [-0.3, -0.25) is 10.1 Å². The summed E-state index contributed by atoms with van der Waals surface area (Å²) in [6.45, 7) is 1.39. The molecule has 3 aromatic rings. The molecule has 0 bridgehead atoms. The number of carbonyl (C=O) groups is 3. The normalized spacial score (nSPS) is 11.3. The molecule has 9 N–H and O–H groups in total. The Kier molecular flexibility index (Phi) is 6.65. The van der Waals surface area contributed by atoms with Crippen LogP contribution in [0.5, 0.6) is 0 Å². The Morgan fingerprint density at radius 2 is 1.39 bits per heavy atom. The molecule has 12 nitrogen and oxygen atoms in total. The molecule has 0 aliphatic rings. The Bertz CT molecular complexity index is 1570. The minimum atomic E-state index is -5.32. The number of alkyl halides is 3. The second kappa shape index (κ2) is 9.27. The number of hydrogen-bond donors (Lipinski definition) is 6. The highest BCUT2D eigenvalue weighted by molar-refractivity contribution is 6.12. The number of aryl methyl sites for hydroxylation is 1. The summed E-state index contributed by atoms with van der Waals surface area (Å²) in [4.78, 5) is 46.4. The number of nitrogens with zero attached hydrogens (tertiary/aromatic N) is 1. The number of anilines is 3. The van der Waals surface area contributed by atoms with Gasteiger partial charge in [-0.05, 0) is 30.7 Å². The number of carboxylic acid groups (broad SMARTS) is 3. The summed E-state index contributed by atoms with van der Waals surface area (Å²) in [6, 6.07) is 3.75. The van der Waals surface area contributed by atoms with Crippen molar-refractivity contribution in [3.05, 3.63) is 68.3 Å². The fraction of sp³-hybridized carbons (Fsp3) is 0.0870.